The molecule has 176 valence electrons. The fourth-order valence-corrected chi connectivity index (χ4v) is 4.88. The highest BCUT2D eigenvalue weighted by Gasteiger charge is 2.47. The highest BCUT2D eigenvalue weighted by atomic mass is 16.5. The maximum absolute atomic E-state index is 12.1. The molecule has 9 heteroatoms. The van der Waals surface area contributed by atoms with Crippen molar-refractivity contribution in [3.8, 4) is 11.3 Å². The Kier molecular flexibility index (Phi) is 5.30. The molecule has 1 N–H and O–H groups in total. The molecule has 2 saturated heterocycles. The summed E-state index contributed by atoms with van der Waals surface area (Å²) in [6.45, 7) is 5.73. The zero-order valence-corrected chi connectivity index (χ0v) is 19.4. The molecule has 34 heavy (non-hydrogen) atoms. The van der Waals surface area contributed by atoms with Gasteiger partial charge in [-0.05, 0) is 37.6 Å². The summed E-state index contributed by atoms with van der Waals surface area (Å²) >= 11 is 0. The summed E-state index contributed by atoms with van der Waals surface area (Å²) in [5.41, 5.74) is 2.90. The van der Waals surface area contributed by atoms with Crippen molar-refractivity contribution in [1.29, 1.82) is 0 Å². The van der Waals surface area contributed by atoms with Gasteiger partial charge < -0.3 is 24.6 Å². The number of hydrogen-bond acceptors (Lipinski definition) is 8. The molecule has 3 aliphatic rings. The largest absolute Gasteiger partial charge is 0.377 e. The summed E-state index contributed by atoms with van der Waals surface area (Å²) in [6, 6.07) is 12.1. The minimum Gasteiger partial charge on any atom is -0.377 e. The van der Waals surface area contributed by atoms with Crippen molar-refractivity contribution in [3.63, 3.8) is 0 Å². The van der Waals surface area contributed by atoms with Gasteiger partial charge in [-0.25, -0.2) is 4.98 Å². The van der Waals surface area contributed by atoms with Crippen LogP contribution < -0.4 is 15.1 Å². The number of carbonyl (C=O) groups is 1. The van der Waals surface area contributed by atoms with Gasteiger partial charge in [0, 0.05) is 31.3 Å². The lowest BCUT2D eigenvalue weighted by atomic mass is 10.1. The predicted octanol–water partition coefficient (Wildman–Crippen LogP) is 2.25. The van der Waals surface area contributed by atoms with E-state index in [1.54, 1.807) is 13.1 Å². The molecular formula is C25H28N6O3. The van der Waals surface area contributed by atoms with E-state index in [2.05, 4.69) is 22.0 Å². The number of morpholine rings is 2. The van der Waals surface area contributed by atoms with Gasteiger partial charge in [-0.1, -0.05) is 12.1 Å². The Labute approximate surface area is 198 Å². The van der Waals surface area contributed by atoms with Crippen LogP contribution in [0.2, 0.25) is 0 Å². The van der Waals surface area contributed by atoms with Crippen molar-refractivity contribution in [2.24, 2.45) is 0 Å². The quantitative estimate of drug-likeness (QED) is 0.634. The molecule has 3 atom stereocenters. The second-order valence-corrected chi connectivity index (χ2v) is 9.10. The summed E-state index contributed by atoms with van der Waals surface area (Å²) in [5.74, 6) is 1.49. The van der Waals surface area contributed by atoms with Gasteiger partial charge in [-0.15, -0.1) is 0 Å². The van der Waals surface area contributed by atoms with Crippen LogP contribution in [0.15, 0.2) is 36.4 Å². The molecule has 1 saturated carbocycles. The Morgan fingerprint density at radius 2 is 1.97 bits per heavy atom. The second-order valence-electron chi connectivity index (χ2n) is 9.10. The van der Waals surface area contributed by atoms with Crippen molar-refractivity contribution < 1.29 is 14.3 Å². The molecule has 4 heterocycles. The lowest BCUT2D eigenvalue weighted by Gasteiger charge is -2.35. The third-order valence-electron chi connectivity index (χ3n) is 6.84. The number of benzene rings is 1. The van der Waals surface area contributed by atoms with Gasteiger partial charge >= 0.3 is 0 Å². The van der Waals surface area contributed by atoms with Gasteiger partial charge in [-0.3, -0.25) is 4.79 Å². The normalized spacial score (nSPS) is 24.1. The van der Waals surface area contributed by atoms with Crippen LogP contribution in [0.25, 0.3) is 22.3 Å². The van der Waals surface area contributed by atoms with Gasteiger partial charge in [0.1, 0.15) is 5.82 Å². The van der Waals surface area contributed by atoms with E-state index in [4.69, 9.17) is 24.4 Å². The first kappa shape index (κ1) is 21.2. The van der Waals surface area contributed by atoms with Crippen molar-refractivity contribution in [2.75, 3.05) is 49.8 Å². The minimum atomic E-state index is -0.123. The molecule has 9 nitrogen and oxygen atoms in total. The first-order valence-electron chi connectivity index (χ1n) is 11.9. The summed E-state index contributed by atoms with van der Waals surface area (Å²) in [4.78, 5) is 31.6. The van der Waals surface area contributed by atoms with Gasteiger partial charge in [0.2, 0.25) is 5.95 Å². The van der Waals surface area contributed by atoms with Crippen LogP contribution in [0.4, 0.5) is 11.8 Å². The number of fused-ring (bicyclic) bond motifs is 2. The van der Waals surface area contributed by atoms with Gasteiger partial charge in [0.25, 0.3) is 5.91 Å². The molecule has 2 aliphatic heterocycles. The zero-order chi connectivity index (χ0) is 23.2. The fourth-order valence-electron chi connectivity index (χ4n) is 4.88. The van der Waals surface area contributed by atoms with Crippen LogP contribution in [0, 0.1) is 0 Å². The third kappa shape index (κ3) is 3.74. The summed E-state index contributed by atoms with van der Waals surface area (Å²) in [5, 5.41) is 3.60. The van der Waals surface area contributed by atoms with E-state index >= 15 is 0 Å². The van der Waals surface area contributed by atoms with Crippen molar-refractivity contribution >= 4 is 28.7 Å². The highest BCUT2D eigenvalue weighted by molar-refractivity contribution is 5.95. The molecule has 1 aliphatic carbocycles. The van der Waals surface area contributed by atoms with E-state index in [9.17, 15) is 4.79 Å². The number of aromatic nitrogens is 3. The number of amides is 1. The zero-order valence-electron chi connectivity index (χ0n) is 19.4. The van der Waals surface area contributed by atoms with Gasteiger partial charge in [-0.2, -0.15) is 9.97 Å². The van der Waals surface area contributed by atoms with Crippen LogP contribution in [0.5, 0.6) is 0 Å². The Morgan fingerprint density at radius 3 is 2.82 bits per heavy atom. The molecular weight excluding hydrogens is 432 g/mol. The third-order valence-corrected chi connectivity index (χ3v) is 6.84. The maximum atomic E-state index is 12.1. The van der Waals surface area contributed by atoms with Crippen molar-refractivity contribution in [3.05, 3.63) is 42.0 Å². The number of nitrogens with one attached hydrogen (secondary N) is 1. The van der Waals surface area contributed by atoms with Crippen LogP contribution in [0.3, 0.4) is 0 Å². The second kappa shape index (κ2) is 8.48. The molecule has 2 unspecified atom stereocenters. The average molecular weight is 461 g/mol. The van der Waals surface area contributed by atoms with E-state index in [1.165, 1.54) is 0 Å². The van der Waals surface area contributed by atoms with Crippen LogP contribution in [-0.4, -0.2) is 79.0 Å². The Hall–Kier alpha value is -3.30. The van der Waals surface area contributed by atoms with Crippen molar-refractivity contribution in [2.45, 2.75) is 31.5 Å². The molecule has 0 spiro atoms. The SMILES string of the molecule is CNC(=O)c1cccc(-c2ccc3c(N4CCOC[C@@H]4C)nc(N4CCOC5CC54)nc3n2)c1. The first-order chi connectivity index (χ1) is 16.6. The summed E-state index contributed by atoms with van der Waals surface area (Å²) in [6.07, 6.45) is 1.30. The van der Waals surface area contributed by atoms with Crippen LogP contribution in [0.1, 0.15) is 23.7 Å². The number of anilines is 2. The molecule has 1 amide bonds. The van der Waals surface area contributed by atoms with E-state index < -0.39 is 0 Å². The van der Waals surface area contributed by atoms with E-state index in [-0.39, 0.29) is 18.1 Å². The average Bonchev–Trinajstić information content (AvgIpc) is 3.68. The van der Waals surface area contributed by atoms with Crippen LogP contribution in [-0.2, 0) is 9.47 Å². The Balaban J connectivity index is 1.46. The number of hydrogen-bond donors (Lipinski definition) is 1. The predicted molar refractivity (Wildman–Crippen MR) is 129 cm³/mol. The topological polar surface area (TPSA) is 92.7 Å². The monoisotopic (exact) mass is 460 g/mol. The molecule has 2 aromatic heterocycles. The number of ether oxygens (including phenoxy) is 2. The van der Waals surface area contributed by atoms with Crippen LogP contribution >= 0.6 is 0 Å². The maximum Gasteiger partial charge on any atom is 0.251 e. The number of nitrogens with zero attached hydrogens (tertiary/aromatic N) is 5. The lowest BCUT2D eigenvalue weighted by molar-refractivity contribution is 0.0962. The number of carbonyl (C=O) groups excluding carboxylic acids is 1. The summed E-state index contributed by atoms with van der Waals surface area (Å²) < 4.78 is 11.5. The van der Waals surface area contributed by atoms with Gasteiger partial charge in [0.05, 0.1) is 49.1 Å². The fraction of sp³-hybridized carbons (Fsp3) is 0.440. The first-order valence-corrected chi connectivity index (χ1v) is 11.9. The minimum absolute atomic E-state index is 0.123. The molecule has 3 aromatic rings. The van der Waals surface area contributed by atoms with E-state index in [0.717, 1.165) is 42.0 Å². The standard InChI is InChI=1S/C25H28N6O3/c1-15-14-33-10-8-30(15)23-18-6-7-19(16-4-3-5-17(12-16)24(32)26-2)27-22(18)28-25(29-23)31-9-11-34-21-13-20(21)31/h3-7,12,15,20-21H,8-11,13-14H2,1-2H3,(H,26,32)/t15-,20?,21?/m0/s1. The Bertz CT molecular complexity index is 1250. The van der Waals surface area contributed by atoms with E-state index in [1.807, 2.05) is 30.3 Å². The molecule has 3 fully saturated rings. The number of pyridine rings is 1. The summed E-state index contributed by atoms with van der Waals surface area (Å²) in [7, 11) is 1.63. The Morgan fingerprint density at radius 1 is 1.09 bits per heavy atom. The molecule has 1 aromatic carbocycles. The van der Waals surface area contributed by atoms with Gasteiger partial charge in [0.15, 0.2) is 5.65 Å². The highest BCUT2D eigenvalue weighted by Crippen LogP contribution is 2.38. The smallest absolute Gasteiger partial charge is 0.251 e. The molecule has 0 radical (unpaired) electrons. The number of rotatable bonds is 4. The van der Waals surface area contributed by atoms with E-state index in [0.29, 0.717) is 43.0 Å². The molecule has 0 bridgehead atoms. The lowest BCUT2D eigenvalue weighted by Crippen LogP contribution is -2.44. The van der Waals surface area contributed by atoms with Crippen molar-refractivity contribution in [1.82, 2.24) is 20.3 Å². The molecule has 6 rings (SSSR count).